The largest absolute Gasteiger partial charge is 0.507 e. The highest BCUT2D eigenvalue weighted by Crippen LogP contribution is 2.44. The van der Waals surface area contributed by atoms with Gasteiger partial charge in [-0.25, -0.2) is 9.59 Å². The Morgan fingerprint density at radius 1 is 0.971 bits per heavy atom. The maximum atomic E-state index is 12.5. The lowest BCUT2D eigenvalue weighted by Gasteiger charge is -2.18. The van der Waals surface area contributed by atoms with Crippen LogP contribution in [0.4, 0.5) is 10.5 Å². The predicted molar refractivity (Wildman–Crippen MR) is 128 cm³/mol. The molecule has 0 radical (unpaired) electrons. The maximum absolute atomic E-state index is 12.5. The number of carboxylic acids is 1. The SMILES string of the molecule is COC(CNC(=O)OCC1c2ccccc2-c2ccccc21)C(=O)Nc1ccc(O)c(C(=O)O)c1. The summed E-state index contributed by atoms with van der Waals surface area (Å²) in [6.45, 7) is -0.0297. The van der Waals surface area contributed by atoms with Crippen LogP contribution in [0.2, 0.25) is 0 Å². The highest BCUT2D eigenvalue weighted by Gasteiger charge is 2.29. The van der Waals surface area contributed by atoms with Crippen molar-refractivity contribution < 1.29 is 34.1 Å². The van der Waals surface area contributed by atoms with Crippen molar-refractivity contribution in [3.8, 4) is 16.9 Å². The minimum atomic E-state index is -1.33. The van der Waals surface area contributed by atoms with Crippen LogP contribution in [0.25, 0.3) is 11.1 Å². The van der Waals surface area contributed by atoms with Crippen LogP contribution in [0.5, 0.6) is 5.75 Å². The highest BCUT2D eigenvalue weighted by molar-refractivity contribution is 5.97. The number of rotatable bonds is 8. The molecule has 0 bridgehead atoms. The first kappa shape index (κ1) is 23.8. The van der Waals surface area contributed by atoms with Gasteiger partial charge in [0, 0.05) is 18.7 Å². The smallest absolute Gasteiger partial charge is 0.407 e. The molecule has 1 atom stereocenters. The van der Waals surface area contributed by atoms with Gasteiger partial charge in [-0.3, -0.25) is 4.79 Å². The molecular formula is C26H24N2O7. The molecule has 1 aliphatic rings. The molecule has 0 saturated heterocycles. The molecular weight excluding hydrogens is 452 g/mol. The predicted octanol–water partition coefficient (Wildman–Crippen LogP) is 3.58. The van der Waals surface area contributed by atoms with Crippen molar-refractivity contribution in [2.75, 3.05) is 25.6 Å². The zero-order valence-electron chi connectivity index (χ0n) is 18.9. The van der Waals surface area contributed by atoms with E-state index in [4.69, 9.17) is 14.6 Å². The molecule has 0 spiro atoms. The fourth-order valence-corrected chi connectivity index (χ4v) is 4.12. The Hall–Kier alpha value is -4.37. The zero-order valence-corrected chi connectivity index (χ0v) is 18.9. The number of alkyl carbamates (subject to hydrolysis) is 1. The van der Waals surface area contributed by atoms with Crippen LogP contribution in [-0.2, 0) is 14.3 Å². The van der Waals surface area contributed by atoms with Gasteiger partial charge in [-0.1, -0.05) is 48.5 Å². The van der Waals surface area contributed by atoms with Crippen LogP contribution >= 0.6 is 0 Å². The number of aromatic hydroxyl groups is 1. The molecule has 2 amide bonds. The van der Waals surface area contributed by atoms with Gasteiger partial charge in [-0.2, -0.15) is 0 Å². The van der Waals surface area contributed by atoms with E-state index in [-0.39, 0.29) is 30.3 Å². The number of amides is 2. The van der Waals surface area contributed by atoms with Gasteiger partial charge in [-0.15, -0.1) is 0 Å². The molecule has 4 N–H and O–H groups in total. The quantitative estimate of drug-likeness (QED) is 0.365. The average molecular weight is 476 g/mol. The number of methoxy groups -OCH3 is 1. The van der Waals surface area contributed by atoms with Crippen molar-refractivity contribution in [1.29, 1.82) is 0 Å². The minimum Gasteiger partial charge on any atom is -0.507 e. The normalized spacial score (nSPS) is 12.8. The lowest BCUT2D eigenvalue weighted by Crippen LogP contribution is -2.41. The van der Waals surface area contributed by atoms with Gasteiger partial charge in [0.1, 0.15) is 17.9 Å². The number of carbonyl (C=O) groups excluding carboxylic acids is 2. The third-order valence-corrected chi connectivity index (χ3v) is 5.85. The van der Waals surface area contributed by atoms with Crippen molar-refractivity contribution in [2.45, 2.75) is 12.0 Å². The van der Waals surface area contributed by atoms with Crippen molar-refractivity contribution in [2.24, 2.45) is 0 Å². The number of carboxylic acid groups (broad SMARTS) is 1. The fourth-order valence-electron chi connectivity index (χ4n) is 4.12. The van der Waals surface area contributed by atoms with Crippen molar-refractivity contribution in [3.05, 3.63) is 83.4 Å². The second-order valence-corrected chi connectivity index (χ2v) is 7.96. The summed E-state index contributed by atoms with van der Waals surface area (Å²) in [6.07, 6.45) is -1.75. The van der Waals surface area contributed by atoms with Crippen LogP contribution in [-0.4, -0.2) is 54.5 Å². The second-order valence-electron chi connectivity index (χ2n) is 7.96. The third kappa shape index (κ3) is 5.10. The van der Waals surface area contributed by atoms with E-state index >= 15 is 0 Å². The van der Waals surface area contributed by atoms with Crippen LogP contribution < -0.4 is 10.6 Å². The summed E-state index contributed by atoms with van der Waals surface area (Å²) >= 11 is 0. The van der Waals surface area contributed by atoms with Gasteiger partial charge in [0.2, 0.25) is 0 Å². The maximum Gasteiger partial charge on any atom is 0.407 e. The molecule has 4 rings (SSSR count). The molecule has 0 fully saturated rings. The standard InChI is InChI=1S/C26H24N2O7/c1-34-23(24(30)28-15-10-11-22(29)20(12-15)25(31)32)13-27-26(33)35-14-21-18-8-4-2-6-16(18)17-7-3-5-9-19(17)21/h2-12,21,23,29H,13-14H2,1H3,(H,27,33)(H,28,30)(H,31,32). The molecule has 3 aromatic carbocycles. The number of anilines is 1. The van der Waals surface area contributed by atoms with E-state index in [9.17, 15) is 19.5 Å². The molecule has 9 heteroatoms. The fraction of sp³-hybridized carbons (Fsp3) is 0.192. The summed E-state index contributed by atoms with van der Waals surface area (Å²) < 4.78 is 10.6. The van der Waals surface area contributed by atoms with E-state index in [1.54, 1.807) is 0 Å². The lowest BCUT2D eigenvalue weighted by molar-refractivity contribution is -0.125. The number of ether oxygens (including phenoxy) is 2. The molecule has 0 aromatic heterocycles. The van der Waals surface area contributed by atoms with Crippen LogP contribution in [0, 0.1) is 0 Å². The summed E-state index contributed by atoms with van der Waals surface area (Å²) in [5, 5.41) is 23.7. The minimum absolute atomic E-state index is 0.0902. The topological polar surface area (TPSA) is 134 Å². The number of benzene rings is 3. The van der Waals surface area contributed by atoms with Crippen molar-refractivity contribution in [3.63, 3.8) is 0 Å². The first-order chi connectivity index (χ1) is 16.9. The first-order valence-corrected chi connectivity index (χ1v) is 10.9. The number of hydrogen-bond donors (Lipinski definition) is 4. The Morgan fingerprint density at radius 2 is 1.60 bits per heavy atom. The van der Waals surface area contributed by atoms with Crippen LogP contribution in [0.1, 0.15) is 27.4 Å². The molecule has 180 valence electrons. The first-order valence-electron chi connectivity index (χ1n) is 10.9. The van der Waals surface area contributed by atoms with Crippen LogP contribution in [0.3, 0.4) is 0 Å². The Balaban J connectivity index is 1.33. The molecule has 3 aromatic rings. The zero-order chi connectivity index (χ0) is 24.9. The summed E-state index contributed by atoms with van der Waals surface area (Å²) in [4.78, 5) is 36.1. The summed E-state index contributed by atoms with van der Waals surface area (Å²) in [5.74, 6) is -2.45. The Kier molecular flexibility index (Phi) is 6.98. The molecule has 1 unspecified atom stereocenters. The summed E-state index contributed by atoms with van der Waals surface area (Å²) in [6, 6.07) is 19.6. The Labute approximate surface area is 201 Å². The van der Waals surface area contributed by atoms with E-state index in [1.807, 2.05) is 48.5 Å². The van der Waals surface area contributed by atoms with E-state index < -0.39 is 29.8 Å². The van der Waals surface area contributed by atoms with E-state index in [0.717, 1.165) is 34.4 Å². The molecule has 0 heterocycles. The number of phenols is 1. The number of fused-ring (bicyclic) bond motifs is 3. The third-order valence-electron chi connectivity index (χ3n) is 5.85. The molecule has 0 saturated carbocycles. The summed E-state index contributed by atoms with van der Waals surface area (Å²) in [5.41, 5.74) is 4.22. The van der Waals surface area contributed by atoms with Crippen molar-refractivity contribution in [1.82, 2.24) is 5.32 Å². The van der Waals surface area contributed by atoms with Gasteiger partial charge < -0.3 is 30.3 Å². The van der Waals surface area contributed by atoms with Crippen molar-refractivity contribution >= 4 is 23.7 Å². The second kappa shape index (κ2) is 10.3. The van der Waals surface area contributed by atoms with Gasteiger partial charge in [0.25, 0.3) is 5.91 Å². The molecule has 0 aliphatic heterocycles. The number of aromatic carboxylic acids is 1. The number of hydrogen-bond acceptors (Lipinski definition) is 6. The van der Waals surface area contributed by atoms with E-state index in [0.29, 0.717) is 0 Å². The number of carbonyl (C=O) groups is 3. The number of nitrogens with one attached hydrogen (secondary N) is 2. The molecule has 35 heavy (non-hydrogen) atoms. The Bertz CT molecular complexity index is 1230. The van der Waals surface area contributed by atoms with Gasteiger partial charge in [-0.05, 0) is 40.5 Å². The van der Waals surface area contributed by atoms with Gasteiger partial charge in [0.15, 0.2) is 6.10 Å². The van der Waals surface area contributed by atoms with Gasteiger partial charge in [0.05, 0.1) is 6.54 Å². The average Bonchev–Trinajstić information content (AvgIpc) is 3.18. The molecule has 9 nitrogen and oxygen atoms in total. The van der Waals surface area contributed by atoms with E-state index in [2.05, 4.69) is 10.6 Å². The van der Waals surface area contributed by atoms with Gasteiger partial charge >= 0.3 is 12.1 Å². The van der Waals surface area contributed by atoms with Crippen LogP contribution in [0.15, 0.2) is 66.7 Å². The van der Waals surface area contributed by atoms with E-state index in [1.165, 1.54) is 13.2 Å². The highest BCUT2D eigenvalue weighted by atomic mass is 16.5. The lowest BCUT2D eigenvalue weighted by atomic mass is 9.98. The Morgan fingerprint density at radius 3 is 2.20 bits per heavy atom. The monoisotopic (exact) mass is 476 g/mol. The summed E-state index contributed by atoms with van der Waals surface area (Å²) in [7, 11) is 1.31. The molecule has 1 aliphatic carbocycles.